The highest BCUT2D eigenvalue weighted by molar-refractivity contribution is 6.08. The van der Waals surface area contributed by atoms with Gasteiger partial charge in [-0.2, -0.15) is 5.10 Å². The number of carbonyl (C=O) groups excluding carboxylic acids is 1. The van der Waals surface area contributed by atoms with Crippen molar-refractivity contribution < 1.29 is 9.18 Å². The quantitative estimate of drug-likeness (QED) is 0.649. The lowest BCUT2D eigenvalue weighted by atomic mass is 10.1. The van der Waals surface area contributed by atoms with E-state index in [1.165, 1.54) is 12.1 Å². The van der Waals surface area contributed by atoms with Gasteiger partial charge in [-0.25, -0.2) is 9.07 Å². The molecule has 3 aromatic rings. The molecule has 0 unspecified atom stereocenters. The molecular weight excluding hydrogens is 367 g/mol. The highest BCUT2D eigenvalue weighted by Crippen LogP contribution is 2.33. The summed E-state index contributed by atoms with van der Waals surface area (Å²) in [6, 6.07) is 14.2. The molecule has 0 aliphatic carbocycles. The number of amides is 1. The first-order valence-corrected chi connectivity index (χ1v) is 9.48. The summed E-state index contributed by atoms with van der Waals surface area (Å²) >= 11 is 0. The van der Waals surface area contributed by atoms with Crippen molar-refractivity contribution in [2.24, 2.45) is 0 Å². The number of nitrogens with zero attached hydrogens (tertiary/aromatic N) is 4. The minimum atomic E-state index is -0.567. The van der Waals surface area contributed by atoms with E-state index in [4.69, 9.17) is 0 Å². The second-order valence-electron chi connectivity index (χ2n) is 7.21. The van der Waals surface area contributed by atoms with Gasteiger partial charge in [-0.1, -0.05) is 24.3 Å². The maximum absolute atomic E-state index is 15.0. The van der Waals surface area contributed by atoms with E-state index >= 15 is 0 Å². The number of rotatable bonds is 2. The van der Waals surface area contributed by atoms with Gasteiger partial charge in [0.1, 0.15) is 5.82 Å². The normalized spacial score (nSPS) is 15.0. The summed E-state index contributed by atoms with van der Waals surface area (Å²) < 4.78 is 16.6. The zero-order valence-electron chi connectivity index (χ0n) is 15.9. The first-order chi connectivity index (χ1) is 14.1. The Morgan fingerprint density at radius 3 is 2.79 bits per heavy atom. The number of anilines is 1. The lowest BCUT2D eigenvalue weighted by Gasteiger charge is -2.20. The van der Waals surface area contributed by atoms with Crippen LogP contribution in [0.3, 0.4) is 0 Å². The van der Waals surface area contributed by atoms with E-state index in [0.29, 0.717) is 12.2 Å². The number of halogens is 1. The predicted molar refractivity (Wildman–Crippen MR) is 109 cm³/mol. The molecule has 2 aliphatic rings. The maximum atomic E-state index is 15.0. The van der Waals surface area contributed by atoms with Crippen molar-refractivity contribution in [1.82, 2.24) is 14.7 Å². The molecule has 5 nitrogen and oxygen atoms in total. The largest absolute Gasteiger partial charge is 0.346 e. The van der Waals surface area contributed by atoms with E-state index in [1.807, 2.05) is 49.7 Å². The maximum Gasteiger partial charge on any atom is 0.265 e. The Bertz CT molecular complexity index is 1180. The molecule has 1 aromatic heterocycles. The van der Waals surface area contributed by atoms with Gasteiger partial charge >= 0.3 is 0 Å². The van der Waals surface area contributed by atoms with Crippen LogP contribution in [0.2, 0.25) is 0 Å². The molecule has 0 saturated carbocycles. The van der Waals surface area contributed by atoms with Crippen LogP contribution in [0.4, 0.5) is 10.1 Å². The third-order valence-corrected chi connectivity index (χ3v) is 5.24. The minimum Gasteiger partial charge on any atom is -0.346 e. The van der Waals surface area contributed by atoms with E-state index in [-0.39, 0.29) is 11.5 Å². The van der Waals surface area contributed by atoms with Crippen LogP contribution in [0.25, 0.3) is 5.69 Å². The fourth-order valence-electron chi connectivity index (χ4n) is 3.75. The van der Waals surface area contributed by atoms with E-state index in [2.05, 4.69) is 16.1 Å². The first kappa shape index (κ1) is 17.4. The van der Waals surface area contributed by atoms with Crippen LogP contribution in [0.15, 0.2) is 78.9 Å². The number of aryl methyl sites for hydroxylation is 1. The molecule has 0 atom stereocenters. The van der Waals surface area contributed by atoms with Crippen LogP contribution >= 0.6 is 0 Å². The fourth-order valence-corrected chi connectivity index (χ4v) is 3.75. The molecular formula is C23H19FN4O. The average molecular weight is 386 g/mol. The number of allylic oxidation sites excluding steroid dienone is 1. The van der Waals surface area contributed by atoms with Gasteiger partial charge in [0.25, 0.3) is 5.91 Å². The Balaban J connectivity index is 1.55. The third kappa shape index (κ3) is 3.02. The molecule has 1 amide bonds. The van der Waals surface area contributed by atoms with Gasteiger partial charge in [-0.05, 0) is 36.8 Å². The summed E-state index contributed by atoms with van der Waals surface area (Å²) in [7, 11) is 0. The second-order valence-corrected chi connectivity index (χ2v) is 7.21. The van der Waals surface area contributed by atoms with Crippen LogP contribution in [-0.2, 0) is 6.54 Å². The van der Waals surface area contributed by atoms with Crippen molar-refractivity contribution in [3.63, 3.8) is 0 Å². The van der Waals surface area contributed by atoms with Crippen LogP contribution < -0.4 is 4.90 Å². The van der Waals surface area contributed by atoms with Gasteiger partial charge in [-0.3, -0.25) is 9.69 Å². The standard InChI is InChI=1S/C23H19FN4O/c1-16-10-12-28(25-16)18-8-9-20(21(24)13-18)23(29)27-15-19-6-4-11-26(19)14-17-5-2-3-7-22(17)27/h2-5,7-13,15H,6,14H2,1H3. The Morgan fingerprint density at radius 1 is 1.14 bits per heavy atom. The molecule has 5 rings (SSSR count). The summed E-state index contributed by atoms with van der Waals surface area (Å²) in [4.78, 5) is 17.0. The molecule has 0 spiro atoms. The first-order valence-electron chi connectivity index (χ1n) is 9.48. The summed E-state index contributed by atoms with van der Waals surface area (Å²) in [5.41, 5.74) is 4.25. The van der Waals surface area contributed by atoms with E-state index in [0.717, 1.165) is 29.1 Å². The molecule has 0 bridgehead atoms. The van der Waals surface area contributed by atoms with Crippen molar-refractivity contribution in [2.45, 2.75) is 19.9 Å². The number of fused-ring (bicyclic) bond motifs is 2. The molecule has 0 N–H and O–H groups in total. The molecule has 0 fully saturated rings. The highest BCUT2D eigenvalue weighted by atomic mass is 19.1. The Morgan fingerprint density at radius 2 is 2.00 bits per heavy atom. The smallest absolute Gasteiger partial charge is 0.265 e. The Labute approximate surface area is 168 Å². The Hall–Kier alpha value is -3.67. The van der Waals surface area contributed by atoms with Crippen LogP contribution in [0.1, 0.15) is 28.0 Å². The van der Waals surface area contributed by atoms with Gasteiger partial charge in [0.2, 0.25) is 0 Å². The van der Waals surface area contributed by atoms with Crippen molar-refractivity contribution in [3.05, 3.63) is 102 Å². The fraction of sp³-hybridized carbons (Fsp3) is 0.130. The van der Waals surface area contributed by atoms with Crippen LogP contribution in [0, 0.1) is 12.7 Å². The molecule has 29 heavy (non-hydrogen) atoms. The topological polar surface area (TPSA) is 41.4 Å². The number of carbonyl (C=O) groups is 1. The van der Waals surface area contributed by atoms with Gasteiger partial charge in [0, 0.05) is 43.3 Å². The van der Waals surface area contributed by atoms with Crippen molar-refractivity contribution in [2.75, 3.05) is 4.90 Å². The van der Waals surface area contributed by atoms with Crippen molar-refractivity contribution in [3.8, 4) is 5.69 Å². The summed E-state index contributed by atoms with van der Waals surface area (Å²) in [5.74, 6) is -0.957. The molecule has 2 aliphatic heterocycles. The molecule has 3 heterocycles. The zero-order chi connectivity index (χ0) is 20.0. The lowest BCUT2D eigenvalue weighted by molar-refractivity contribution is 0.0993. The number of hydrogen-bond acceptors (Lipinski definition) is 3. The van der Waals surface area contributed by atoms with Crippen molar-refractivity contribution >= 4 is 11.6 Å². The van der Waals surface area contributed by atoms with Gasteiger partial charge < -0.3 is 4.90 Å². The molecule has 6 heteroatoms. The Kier molecular flexibility index (Phi) is 4.05. The second kappa shape index (κ2) is 6.74. The average Bonchev–Trinajstić information content (AvgIpc) is 3.32. The van der Waals surface area contributed by atoms with Gasteiger partial charge in [-0.15, -0.1) is 0 Å². The van der Waals surface area contributed by atoms with Gasteiger partial charge in [0.15, 0.2) is 0 Å². The van der Waals surface area contributed by atoms with E-state index < -0.39 is 5.82 Å². The van der Waals surface area contributed by atoms with Crippen LogP contribution in [-0.4, -0.2) is 20.6 Å². The highest BCUT2D eigenvalue weighted by Gasteiger charge is 2.27. The molecule has 2 aromatic carbocycles. The summed E-state index contributed by atoms with van der Waals surface area (Å²) in [6.45, 7) is 2.55. The lowest BCUT2D eigenvalue weighted by Crippen LogP contribution is -2.27. The summed E-state index contributed by atoms with van der Waals surface area (Å²) in [6.07, 6.45) is 8.42. The number of hydrogen-bond donors (Lipinski definition) is 0. The molecule has 0 radical (unpaired) electrons. The van der Waals surface area contributed by atoms with E-state index in [9.17, 15) is 9.18 Å². The SMILES string of the molecule is Cc1ccn(-c2ccc(C(=O)N3C=C4CC=CN4Cc4ccccc43)c(F)c2)n1. The molecule has 0 saturated heterocycles. The number of para-hydroxylation sites is 1. The zero-order valence-corrected chi connectivity index (χ0v) is 15.9. The van der Waals surface area contributed by atoms with Crippen LogP contribution in [0.5, 0.6) is 0 Å². The van der Waals surface area contributed by atoms with Gasteiger partial charge in [0.05, 0.1) is 22.6 Å². The minimum absolute atomic E-state index is 0.0312. The van der Waals surface area contributed by atoms with E-state index in [1.54, 1.807) is 21.8 Å². The summed E-state index contributed by atoms with van der Waals surface area (Å²) in [5, 5.41) is 4.30. The number of benzene rings is 2. The van der Waals surface area contributed by atoms with Crippen molar-refractivity contribution in [1.29, 1.82) is 0 Å². The third-order valence-electron chi connectivity index (χ3n) is 5.24. The monoisotopic (exact) mass is 386 g/mol. The number of aromatic nitrogens is 2. The predicted octanol–water partition coefficient (Wildman–Crippen LogP) is 4.54. The molecule has 144 valence electrons.